The minimum atomic E-state index is -3.80. The zero-order valence-electron chi connectivity index (χ0n) is 11.2. The molecule has 19 heavy (non-hydrogen) atoms. The van der Waals surface area contributed by atoms with Crippen LogP contribution in [0.1, 0.15) is 20.8 Å². The summed E-state index contributed by atoms with van der Waals surface area (Å²) in [5.74, 6) is -4.12. The predicted octanol–water partition coefficient (Wildman–Crippen LogP) is 0.616. The van der Waals surface area contributed by atoms with Gasteiger partial charge < -0.3 is 13.3 Å². The molecule has 0 spiro atoms. The maximum absolute atomic E-state index is 11.7. The Hall–Kier alpha value is -1.96. The molecule has 0 radical (unpaired) electrons. The lowest BCUT2D eigenvalue weighted by Gasteiger charge is -2.24. The first-order valence-corrected chi connectivity index (χ1v) is 7.62. The Labute approximate surface area is 111 Å². The van der Waals surface area contributed by atoms with Gasteiger partial charge in [0.15, 0.2) is 5.78 Å². The van der Waals surface area contributed by atoms with Gasteiger partial charge in [-0.15, -0.1) is 0 Å². The van der Waals surface area contributed by atoms with Gasteiger partial charge in [0.2, 0.25) is 0 Å². The van der Waals surface area contributed by atoms with Gasteiger partial charge in [0.1, 0.15) is 5.92 Å². The topological polar surface area (TPSA) is 96.0 Å². The van der Waals surface area contributed by atoms with E-state index in [0.717, 1.165) is 19.9 Å². The molecule has 0 aliphatic rings. The first-order chi connectivity index (χ1) is 8.61. The van der Waals surface area contributed by atoms with Crippen LogP contribution in [-0.4, -0.2) is 32.5 Å². The van der Waals surface area contributed by atoms with Gasteiger partial charge in [-0.25, -0.2) is 0 Å². The van der Waals surface area contributed by atoms with E-state index in [0.29, 0.717) is 0 Å². The van der Waals surface area contributed by atoms with Crippen LogP contribution in [0.25, 0.3) is 0 Å². The Bertz CT molecular complexity index is 399. The maximum Gasteiger partial charge on any atom is 0.701 e. The van der Waals surface area contributed by atoms with E-state index in [1.165, 1.54) is 13.5 Å². The van der Waals surface area contributed by atoms with Crippen LogP contribution < -0.4 is 0 Å². The molecule has 0 saturated heterocycles. The molecule has 0 aromatic rings. The van der Waals surface area contributed by atoms with Crippen LogP contribution in [0.15, 0.2) is 12.7 Å². The standard InChI is InChI=1S/C11H16O7Si/c1-6-10(14)7(2)11(15)18-19(5,16-8(3)12)17-9(4)13/h6-7H,1H2,2-5H3. The third-order valence-corrected chi connectivity index (χ3v) is 3.81. The summed E-state index contributed by atoms with van der Waals surface area (Å²) < 4.78 is 14.4. The van der Waals surface area contributed by atoms with E-state index in [2.05, 4.69) is 6.58 Å². The van der Waals surface area contributed by atoms with Crippen LogP contribution in [0, 0.1) is 5.92 Å². The van der Waals surface area contributed by atoms with Crippen molar-refractivity contribution in [2.24, 2.45) is 5.92 Å². The fourth-order valence-electron chi connectivity index (χ4n) is 1.15. The fourth-order valence-corrected chi connectivity index (χ4v) is 2.86. The SMILES string of the molecule is C=CC(=O)C(C)C(=O)O[Si](C)(OC(C)=O)OC(C)=O. The fraction of sp³-hybridized carbons (Fsp3) is 0.455. The number of carbonyl (C=O) groups is 4. The van der Waals surface area contributed by atoms with Gasteiger partial charge >= 0.3 is 14.8 Å². The van der Waals surface area contributed by atoms with Crippen LogP contribution in [0.3, 0.4) is 0 Å². The van der Waals surface area contributed by atoms with E-state index in [9.17, 15) is 19.2 Å². The molecular formula is C11H16O7Si. The van der Waals surface area contributed by atoms with E-state index in [1.54, 1.807) is 0 Å². The molecule has 0 fully saturated rings. The van der Waals surface area contributed by atoms with Crippen molar-refractivity contribution in [3.63, 3.8) is 0 Å². The average Bonchev–Trinajstić information content (AvgIpc) is 2.23. The van der Waals surface area contributed by atoms with Crippen molar-refractivity contribution in [2.45, 2.75) is 27.3 Å². The van der Waals surface area contributed by atoms with E-state index >= 15 is 0 Å². The highest BCUT2D eigenvalue weighted by molar-refractivity contribution is 6.64. The molecule has 0 aromatic carbocycles. The molecule has 7 nitrogen and oxygen atoms in total. The Morgan fingerprint density at radius 2 is 1.47 bits per heavy atom. The molecule has 0 aliphatic heterocycles. The van der Waals surface area contributed by atoms with Crippen LogP contribution in [0.2, 0.25) is 6.55 Å². The van der Waals surface area contributed by atoms with Crippen molar-refractivity contribution in [1.82, 2.24) is 0 Å². The van der Waals surface area contributed by atoms with Crippen LogP contribution in [0.5, 0.6) is 0 Å². The largest absolute Gasteiger partial charge is 0.701 e. The molecule has 8 heteroatoms. The lowest BCUT2D eigenvalue weighted by atomic mass is 10.1. The summed E-state index contributed by atoms with van der Waals surface area (Å²) in [5.41, 5.74) is 0. The molecule has 0 heterocycles. The smallest absolute Gasteiger partial charge is 0.455 e. The third-order valence-electron chi connectivity index (χ3n) is 1.93. The van der Waals surface area contributed by atoms with E-state index in [1.807, 2.05) is 0 Å². The van der Waals surface area contributed by atoms with E-state index in [4.69, 9.17) is 13.3 Å². The zero-order valence-corrected chi connectivity index (χ0v) is 12.2. The third kappa shape index (κ3) is 5.95. The molecule has 0 aliphatic carbocycles. The average molecular weight is 288 g/mol. The van der Waals surface area contributed by atoms with Crippen molar-refractivity contribution >= 4 is 32.5 Å². The summed E-state index contributed by atoms with van der Waals surface area (Å²) in [7, 11) is -3.80. The van der Waals surface area contributed by atoms with E-state index < -0.39 is 38.4 Å². The summed E-state index contributed by atoms with van der Waals surface area (Å²) in [6, 6.07) is 0. The van der Waals surface area contributed by atoms with Gasteiger partial charge in [0, 0.05) is 20.4 Å². The van der Waals surface area contributed by atoms with Crippen molar-refractivity contribution in [3.8, 4) is 0 Å². The van der Waals surface area contributed by atoms with E-state index in [-0.39, 0.29) is 0 Å². The molecule has 0 amide bonds. The van der Waals surface area contributed by atoms with Gasteiger partial charge in [0.25, 0.3) is 11.9 Å². The number of hydrogen-bond acceptors (Lipinski definition) is 7. The van der Waals surface area contributed by atoms with Crippen LogP contribution in [0.4, 0.5) is 0 Å². The molecule has 0 saturated carbocycles. The molecular weight excluding hydrogens is 272 g/mol. The highest BCUT2D eigenvalue weighted by Gasteiger charge is 2.47. The summed E-state index contributed by atoms with van der Waals surface area (Å²) in [6.45, 7) is 7.92. The first kappa shape index (κ1) is 17.0. The van der Waals surface area contributed by atoms with Crippen LogP contribution in [-0.2, 0) is 32.5 Å². The number of carbonyl (C=O) groups excluding carboxylic acids is 4. The molecule has 106 valence electrons. The number of hydrogen-bond donors (Lipinski definition) is 0. The molecule has 0 N–H and O–H groups in total. The Morgan fingerprint density at radius 1 is 1.05 bits per heavy atom. The molecule has 1 atom stereocenters. The lowest BCUT2D eigenvalue weighted by molar-refractivity contribution is -0.151. The Kier molecular flexibility index (Phi) is 6.13. The second kappa shape index (κ2) is 6.83. The highest BCUT2D eigenvalue weighted by Crippen LogP contribution is 2.14. The van der Waals surface area contributed by atoms with Gasteiger partial charge in [-0.3, -0.25) is 19.2 Å². The predicted molar refractivity (Wildman–Crippen MR) is 65.6 cm³/mol. The van der Waals surface area contributed by atoms with Crippen molar-refractivity contribution in [3.05, 3.63) is 12.7 Å². The van der Waals surface area contributed by atoms with Gasteiger partial charge in [-0.2, -0.15) is 0 Å². The van der Waals surface area contributed by atoms with Gasteiger partial charge in [-0.1, -0.05) is 6.58 Å². The zero-order chi connectivity index (χ0) is 15.2. The second-order valence-corrected chi connectivity index (χ2v) is 6.14. The minimum absolute atomic E-state index is 0.549. The number of rotatable bonds is 6. The van der Waals surface area contributed by atoms with Crippen molar-refractivity contribution < 1.29 is 32.5 Å². The molecule has 0 rings (SSSR count). The second-order valence-electron chi connectivity index (χ2n) is 3.80. The molecule has 0 bridgehead atoms. The summed E-state index contributed by atoms with van der Waals surface area (Å²) >= 11 is 0. The first-order valence-electron chi connectivity index (χ1n) is 5.39. The number of allylic oxidation sites excluding steroid dienone is 1. The summed E-state index contributed by atoms with van der Waals surface area (Å²) in [6.07, 6.45) is 0.975. The minimum Gasteiger partial charge on any atom is -0.455 e. The van der Waals surface area contributed by atoms with Crippen molar-refractivity contribution in [1.29, 1.82) is 0 Å². The monoisotopic (exact) mass is 288 g/mol. The maximum atomic E-state index is 11.7. The summed E-state index contributed by atoms with van der Waals surface area (Å²) in [5, 5.41) is 0. The van der Waals surface area contributed by atoms with Crippen molar-refractivity contribution in [2.75, 3.05) is 0 Å². The Morgan fingerprint density at radius 3 is 1.79 bits per heavy atom. The lowest BCUT2D eigenvalue weighted by Crippen LogP contribution is -2.48. The molecule has 1 unspecified atom stereocenters. The van der Waals surface area contributed by atoms with Gasteiger partial charge in [-0.05, 0) is 13.0 Å². The summed E-state index contributed by atoms with van der Waals surface area (Å²) in [4.78, 5) is 44.8. The highest BCUT2D eigenvalue weighted by atomic mass is 28.4. The Balaban J connectivity index is 4.95. The van der Waals surface area contributed by atoms with Gasteiger partial charge in [0.05, 0.1) is 0 Å². The number of ketones is 1. The van der Waals surface area contributed by atoms with Crippen LogP contribution >= 0.6 is 0 Å². The quantitative estimate of drug-likeness (QED) is 0.401. The molecule has 0 aromatic heterocycles. The normalized spacial score (nSPS) is 12.0.